The highest BCUT2D eigenvalue weighted by atomic mass is 35.5. The largest absolute Gasteiger partial charge is 0.588 e. The summed E-state index contributed by atoms with van der Waals surface area (Å²) in [5.74, 6) is 0. The van der Waals surface area contributed by atoms with Gasteiger partial charge in [-0.3, -0.25) is 0 Å². The first kappa shape index (κ1) is 6.54. The van der Waals surface area contributed by atoms with Gasteiger partial charge in [0.25, 0.3) is 5.22 Å². The topological polar surface area (TPSA) is 18.5 Å². The zero-order valence-electron chi connectivity index (χ0n) is 3.83. The maximum Gasteiger partial charge on any atom is 0.588 e. The van der Waals surface area contributed by atoms with E-state index in [-0.39, 0.29) is 0 Å². The number of rotatable bonds is 0. The van der Waals surface area contributed by atoms with Crippen LogP contribution in [0.3, 0.4) is 0 Å². The molecule has 1 rings (SSSR count). The third-order valence-corrected chi connectivity index (χ3v) is 0.797. The Morgan fingerprint density at radius 3 is 2.00 bits per heavy atom. The summed E-state index contributed by atoms with van der Waals surface area (Å²) in [6.07, 6.45) is -3.94. The second-order valence-electron chi connectivity index (χ2n) is 1.21. The molecule has 0 aromatic rings. The molecule has 6 heteroatoms. The van der Waals surface area contributed by atoms with Crippen LogP contribution >= 0.6 is 11.6 Å². The van der Waals surface area contributed by atoms with E-state index in [0.29, 0.717) is 0 Å². The van der Waals surface area contributed by atoms with E-state index in [2.05, 4.69) is 9.47 Å². The molecular weight excluding hydrogens is 160 g/mol. The van der Waals surface area contributed by atoms with E-state index in [1.807, 2.05) is 0 Å². The molecule has 0 bridgehead atoms. The fraction of sp³-hybridized carbons (Fsp3) is 0.333. The average Bonchev–Trinajstić information content (AvgIpc) is 1.79. The van der Waals surface area contributed by atoms with Crippen molar-refractivity contribution in [2.24, 2.45) is 0 Å². The molecule has 0 unspecified atom stereocenters. The second-order valence-corrected chi connectivity index (χ2v) is 1.56. The summed E-state index contributed by atoms with van der Waals surface area (Å²) in [6, 6.07) is -1.60. The predicted octanol–water partition coefficient (Wildman–Crippen LogP) is 1.92. The van der Waals surface area contributed by atoms with Gasteiger partial charge >= 0.3 is 12.3 Å². The lowest BCUT2D eigenvalue weighted by Crippen LogP contribution is -2.15. The molecule has 2 nitrogen and oxygen atoms in total. The Morgan fingerprint density at radius 1 is 1.33 bits per heavy atom. The molecule has 0 spiro atoms. The normalized spacial score (nSPS) is 23.6. The highest BCUT2D eigenvalue weighted by molar-refractivity contribution is 6.28. The van der Waals surface area contributed by atoms with E-state index in [4.69, 9.17) is 11.6 Å². The highest BCUT2D eigenvalue weighted by Crippen LogP contribution is 2.35. The second kappa shape index (κ2) is 1.70. The monoisotopic (exact) mass is 160 g/mol. The van der Waals surface area contributed by atoms with Crippen molar-refractivity contribution in [2.75, 3.05) is 0 Å². The van der Waals surface area contributed by atoms with Crippen molar-refractivity contribution in [2.45, 2.75) is 6.29 Å². The summed E-state index contributed by atoms with van der Waals surface area (Å²) in [5, 5.41) is -1.06. The van der Waals surface area contributed by atoms with Crippen LogP contribution in [0, 0.1) is 0 Å². The fourth-order valence-corrected chi connectivity index (χ4v) is 0.438. The van der Waals surface area contributed by atoms with Crippen LogP contribution in [0.25, 0.3) is 0 Å². The Balaban J connectivity index is 2.70. The molecule has 52 valence electrons. The van der Waals surface area contributed by atoms with Crippen LogP contribution in [0.2, 0.25) is 0 Å². The van der Waals surface area contributed by atoms with Gasteiger partial charge in [-0.25, -0.2) is 0 Å². The smallest absolute Gasteiger partial charge is 0.381 e. The standard InChI is InChI=1S/C3ClF3O2/c4-1-2(5)9-3(6,7)8-1. The van der Waals surface area contributed by atoms with Gasteiger partial charge in [0, 0.05) is 0 Å². The maximum absolute atomic E-state index is 11.7. The minimum atomic E-state index is -3.94. The molecule has 1 aliphatic heterocycles. The molecule has 1 aliphatic rings. The van der Waals surface area contributed by atoms with E-state index < -0.39 is 17.5 Å². The first-order valence-electron chi connectivity index (χ1n) is 1.82. The molecule has 0 fully saturated rings. The lowest BCUT2D eigenvalue weighted by Gasteiger charge is -2.04. The van der Waals surface area contributed by atoms with Crippen molar-refractivity contribution in [3.05, 3.63) is 11.2 Å². The minimum absolute atomic E-state index is 1.06. The van der Waals surface area contributed by atoms with Gasteiger partial charge in [0.05, 0.1) is 0 Å². The molecule has 9 heavy (non-hydrogen) atoms. The molecule has 0 aliphatic carbocycles. The van der Waals surface area contributed by atoms with Crippen molar-refractivity contribution < 1.29 is 22.6 Å². The molecule has 0 saturated carbocycles. The van der Waals surface area contributed by atoms with Gasteiger partial charge in [-0.1, -0.05) is 0 Å². The van der Waals surface area contributed by atoms with Crippen LogP contribution in [0.1, 0.15) is 0 Å². The summed E-state index contributed by atoms with van der Waals surface area (Å²) in [6.45, 7) is 0. The number of alkyl halides is 2. The number of ether oxygens (including phenoxy) is 2. The third-order valence-electron chi connectivity index (χ3n) is 0.571. The molecule has 0 amide bonds. The minimum Gasteiger partial charge on any atom is -0.381 e. The van der Waals surface area contributed by atoms with Crippen LogP contribution in [0.4, 0.5) is 13.2 Å². The highest BCUT2D eigenvalue weighted by Gasteiger charge is 2.45. The molecule has 0 N–H and O–H groups in total. The van der Waals surface area contributed by atoms with Crippen molar-refractivity contribution in [3.8, 4) is 0 Å². The lowest BCUT2D eigenvalue weighted by molar-refractivity contribution is -0.339. The van der Waals surface area contributed by atoms with Crippen LogP contribution < -0.4 is 0 Å². The van der Waals surface area contributed by atoms with Crippen LogP contribution in [0.5, 0.6) is 0 Å². The molecule has 0 saturated heterocycles. The quantitative estimate of drug-likeness (QED) is 0.539. The summed E-state index contributed by atoms with van der Waals surface area (Å²) in [5.41, 5.74) is 0. The summed E-state index contributed by atoms with van der Waals surface area (Å²) in [4.78, 5) is 0. The Bertz CT molecular complexity index is 150. The number of hydrogen-bond donors (Lipinski definition) is 0. The lowest BCUT2D eigenvalue weighted by atomic mass is 11.0. The molecule has 0 aromatic carbocycles. The SMILES string of the molecule is FC1=C(Cl)OC(F)(F)O1. The predicted molar refractivity (Wildman–Crippen MR) is 21.1 cm³/mol. The van der Waals surface area contributed by atoms with Gasteiger partial charge in [-0.05, 0) is 11.6 Å². The average molecular weight is 160 g/mol. The summed E-state index contributed by atoms with van der Waals surface area (Å²) < 4.78 is 41.6. The first-order valence-corrected chi connectivity index (χ1v) is 2.20. The molecule has 1 heterocycles. The van der Waals surface area contributed by atoms with E-state index in [0.717, 1.165) is 0 Å². The van der Waals surface area contributed by atoms with E-state index in [9.17, 15) is 13.2 Å². The molecule has 0 radical (unpaired) electrons. The van der Waals surface area contributed by atoms with E-state index >= 15 is 0 Å². The van der Waals surface area contributed by atoms with Crippen molar-refractivity contribution in [1.82, 2.24) is 0 Å². The van der Waals surface area contributed by atoms with Gasteiger partial charge in [-0.15, -0.1) is 8.78 Å². The zero-order valence-corrected chi connectivity index (χ0v) is 4.58. The molecule has 0 aromatic heterocycles. The van der Waals surface area contributed by atoms with Gasteiger partial charge in [0.2, 0.25) is 0 Å². The number of halogens is 4. The van der Waals surface area contributed by atoms with E-state index in [1.54, 1.807) is 0 Å². The summed E-state index contributed by atoms with van der Waals surface area (Å²) in [7, 11) is 0. The Morgan fingerprint density at radius 2 is 1.89 bits per heavy atom. The summed E-state index contributed by atoms with van der Waals surface area (Å²) >= 11 is 4.72. The zero-order chi connectivity index (χ0) is 7.07. The van der Waals surface area contributed by atoms with Gasteiger partial charge < -0.3 is 9.47 Å². The molecular formula is C3ClF3O2. The van der Waals surface area contributed by atoms with Crippen molar-refractivity contribution in [3.63, 3.8) is 0 Å². The van der Waals surface area contributed by atoms with Gasteiger partial charge in [0.1, 0.15) is 0 Å². The van der Waals surface area contributed by atoms with E-state index in [1.165, 1.54) is 0 Å². The van der Waals surface area contributed by atoms with Gasteiger partial charge in [0.15, 0.2) is 0 Å². The van der Waals surface area contributed by atoms with Gasteiger partial charge in [-0.2, -0.15) is 4.39 Å². The molecule has 0 atom stereocenters. The third kappa shape index (κ3) is 1.21. The Kier molecular flexibility index (Phi) is 1.23. The van der Waals surface area contributed by atoms with Crippen LogP contribution in [-0.2, 0) is 9.47 Å². The Labute approximate surface area is 52.8 Å². The maximum atomic E-state index is 11.7. The van der Waals surface area contributed by atoms with Crippen molar-refractivity contribution in [1.29, 1.82) is 0 Å². The fourth-order valence-electron chi connectivity index (χ4n) is 0.310. The van der Waals surface area contributed by atoms with Crippen LogP contribution in [-0.4, -0.2) is 6.29 Å². The van der Waals surface area contributed by atoms with Crippen LogP contribution in [0.15, 0.2) is 11.2 Å². The number of hydrogen-bond acceptors (Lipinski definition) is 2. The Hall–Kier alpha value is -0.580. The first-order chi connectivity index (χ1) is 4.01. The van der Waals surface area contributed by atoms with Crippen molar-refractivity contribution >= 4 is 11.6 Å².